The summed E-state index contributed by atoms with van der Waals surface area (Å²) in [5.41, 5.74) is 4.82. The summed E-state index contributed by atoms with van der Waals surface area (Å²) in [7, 11) is 2.10. The van der Waals surface area contributed by atoms with Gasteiger partial charge in [-0.05, 0) is 124 Å². The Bertz CT molecular complexity index is 2980. The summed E-state index contributed by atoms with van der Waals surface area (Å²) in [5, 5.41) is 57.6. The molecule has 5 heterocycles. The van der Waals surface area contributed by atoms with Crippen LogP contribution in [0.2, 0.25) is 0 Å². The van der Waals surface area contributed by atoms with Crippen molar-refractivity contribution in [3.63, 3.8) is 0 Å². The highest BCUT2D eigenvalue weighted by Crippen LogP contribution is 2.38. The van der Waals surface area contributed by atoms with E-state index in [0.29, 0.717) is 44.9 Å². The van der Waals surface area contributed by atoms with E-state index >= 15 is 9.59 Å². The zero-order valence-electron chi connectivity index (χ0n) is 59.2. The van der Waals surface area contributed by atoms with E-state index < -0.39 is 203 Å². The number of carbonyl (C=O) groups is 13. The molecule has 554 valence electrons. The fraction of sp³-hybridized carbons (Fsp3) is 0.758. The molecule has 5 fully saturated rings. The number of amides is 13. The van der Waals surface area contributed by atoms with Crippen molar-refractivity contribution in [2.45, 2.75) is 243 Å². The van der Waals surface area contributed by atoms with Gasteiger partial charge < -0.3 is 88.7 Å². The Hall–Kier alpha value is -7.44. The van der Waals surface area contributed by atoms with Crippen LogP contribution in [0.4, 0.5) is 0 Å². The Balaban J connectivity index is 1.56. The zero-order chi connectivity index (χ0) is 73.8. The molecule has 0 radical (unpaired) electrons. The molecule has 5 rings (SSSR count). The van der Waals surface area contributed by atoms with E-state index in [4.69, 9.17) is 17.6 Å². The topological polar surface area (TPSA) is 445 Å². The fourth-order valence-electron chi connectivity index (χ4n) is 13.1. The number of rotatable bonds is 16. The van der Waals surface area contributed by atoms with Crippen molar-refractivity contribution in [3.8, 4) is 11.7 Å². The summed E-state index contributed by atoms with van der Waals surface area (Å²) in [6.45, 7) is 17.2. The quantitative estimate of drug-likeness (QED) is 0.0276. The van der Waals surface area contributed by atoms with E-state index in [1.807, 2.05) is 34.6 Å². The molecule has 31 nitrogen and oxygen atoms in total. The van der Waals surface area contributed by atoms with Gasteiger partial charge in [-0.25, -0.2) is 0 Å². The van der Waals surface area contributed by atoms with Crippen LogP contribution < -0.4 is 58.9 Å². The Morgan fingerprint density at radius 2 is 0.960 bits per heavy atom. The number of nitrogens with one attached hydrogen (secondary N) is 11. The summed E-state index contributed by atoms with van der Waals surface area (Å²) in [6, 6.07) is -15.8. The number of hydrogen-bond acceptors (Lipinski definition) is 18. The Morgan fingerprint density at radius 1 is 0.545 bits per heavy atom. The van der Waals surface area contributed by atoms with Crippen LogP contribution in [0, 0.1) is 40.3 Å². The van der Waals surface area contributed by atoms with Crippen LogP contribution in [-0.2, 0) is 62.3 Å². The molecule has 15 atom stereocenters. The van der Waals surface area contributed by atoms with Crippen molar-refractivity contribution in [3.05, 3.63) is 0 Å². The number of terminal acetylenes is 1. The third kappa shape index (κ3) is 22.3. The van der Waals surface area contributed by atoms with Crippen molar-refractivity contribution >= 4 is 104 Å². The van der Waals surface area contributed by atoms with E-state index in [-0.39, 0.29) is 77.7 Å². The minimum absolute atomic E-state index is 0.00183. The Labute approximate surface area is 588 Å². The summed E-state index contributed by atoms with van der Waals surface area (Å²) in [6.07, 6.45) is 9.10. The standard InChI is InChI=1S/C66H108N16O15S2/c1-13-36(5)48-57(91)70-33-47(85)71-41(34-83)53(87)72-39(22-17-27-69-64(67)68)52(86)74-42(35-84)54(88)73-40(32-65(8,9)10)60(94)81-30-20-25-45(81)61(95)79-28-19-24-44(79)56(90)76-49(37(6)14-2)58(92)78-51(66(11,12)99-98-16-4)59(93)77-50(38(7)15-3)63(97)82-31-21-26-46(82)62(96)80-29-18-23-43(80)55(89)75-48/h4,36-46,48-51,83-84H,13-15,17-35H2,1-3,5-12H3,(H,70,91)(H,71,85)(H,72,87)(H,73,88)(H,74,86)(H,75,89)(H,76,90)(H,77,93)(H,78,92)(H4,67,68,69)/t36-,37-,38-,39-,40-,41-,42-,43-,44-,45-,46-,48+,49-,50-,51+/m0/s1. The lowest BCUT2D eigenvalue weighted by atomic mass is 9.87. The molecule has 33 heteroatoms. The second-order valence-corrected chi connectivity index (χ2v) is 31.0. The number of carbonyl (C=O) groups excluding carboxylic acids is 13. The van der Waals surface area contributed by atoms with E-state index in [0.717, 1.165) is 21.6 Å². The normalized spacial score (nSPS) is 28.8. The van der Waals surface area contributed by atoms with Crippen LogP contribution in [0.15, 0.2) is 0 Å². The van der Waals surface area contributed by atoms with Gasteiger partial charge in [0.2, 0.25) is 76.8 Å². The van der Waals surface area contributed by atoms with Crippen molar-refractivity contribution < 1.29 is 72.5 Å². The number of hydrogen-bond donors (Lipinski definition) is 14. The minimum Gasteiger partial charge on any atom is -0.394 e. The van der Waals surface area contributed by atoms with Gasteiger partial charge in [-0.15, -0.1) is 6.42 Å². The van der Waals surface area contributed by atoms with Gasteiger partial charge in [-0.3, -0.25) is 67.7 Å². The first-order chi connectivity index (χ1) is 46.7. The first kappa shape index (κ1) is 82.2. The molecule has 0 spiro atoms. The van der Waals surface area contributed by atoms with Gasteiger partial charge in [0, 0.05) is 32.7 Å². The average Bonchev–Trinajstić information content (AvgIpc) is 1.71. The van der Waals surface area contributed by atoms with Gasteiger partial charge in [0.25, 0.3) is 0 Å². The molecule has 99 heavy (non-hydrogen) atoms. The predicted molar refractivity (Wildman–Crippen MR) is 371 cm³/mol. The lowest BCUT2D eigenvalue weighted by Gasteiger charge is -2.37. The van der Waals surface area contributed by atoms with Gasteiger partial charge in [0.1, 0.15) is 72.5 Å². The lowest BCUT2D eigenvalue weighted by Crippen LogP contribution is -2.64. The molecular weight excluding hydrogens is 1320 g/mol. The number of guanidine groups is 1. The number of aliphatic hydroxyl groups is 2. The van der Waals surface area contributed by atoms with Gasteiger partial charge >= 0.3 is 0 Å². The van der Waals surface area contributed by atoms with Crippen LogP contribution in [0.1, 0.15) is 166 Å². The van der Waals surface area contributed by atoms with E-state index in [1.165, 1.54) is 19.6 Å². The number of nitrogens with zero attached hydrogens (tertiary/aromatic N) is 4. The molecule has 0 unspecified atom stereocenters. The summed E-state index contributed by atoms with van der Waals surface area (Å²) < 4.78 is -1.19. The molecule has 0 aromatic heterocycles. The molecule has 0 bridgehead atoms. The molecule has 0 aromatic carbocycles. The molecule has 0 aliphatic carbocycles. The SMILES string of the molecule is C#CSSC(C)(C)[C@@H]1NC(=O)[C@H]([C@@H](C)CC)NC(=O)[C@@H]2CCCN2C(=O)[C@@H]2CCCN2C(=O)[C@H](CC(C)(C)C)NC(=O)[C@H](CO)NC(=O)[C@H](CCCNC(=N)N)NC(=O)[C@H](CO)NC(=O)CNC(=O)[C@@H]([C@@H](C)CC)NC(=O)[C@@H]2CCCN2C(=O)[C@@H]2CCCN2C(=O)[C@H]([C@@H](C)CC)NC1=O. The summed E-state index contributed by atoms with van der Waals surface area (Å²) in [5.74, 6) is -12.0. The van der Waals surface area contributed by atoms with Gasteiger partial charge in [0.05, 0.1) is 24.5 Å². The van der Waals surface area contributed by atoms with Crippen molar-refractivity contribution in [1.82, 2.24) is 72.8 Å². The van der Waals surface area contributed by atoms with Crippen LogP contribution >= 0.6 is 21.6 Å². The third-order valence-electron chi connectivity index (χ3n) is 19.4. The molecule has 5 aliphatic rings. The monoisotopic (exact) mass is 1430 g/mol. The minimum atomic E-state index is -1.74. The Kier molecular flexibility index (Phi) is 31.4. The molecule has 5 aliphatic heterocycles. The zero-order valence-corrected chi connectivity index (χ0v) is 60.8. The molecule has 0 aromatic rings. The summed E-state index contributed by atoms with van der Waals surface area (Å²) >= 11 is 0. The second-order valence-electron chi connectivity index (χ2n) is 28.3. The first-order valence-corrected chi connectivity index (χ1v) is 36.9. The van der Waals surface area contributed by atoms with Crippen molar-refractivity contribution in [1.29, 1.82) is 5.41 Å². The molecule has 15 N–H and O–H groups in total. The average molecular weight is 1430 g/mol. The Morgan fingerprint density at radius 3 is 1.42 bits per heavy atom. The highest BCUT2D eigenvalue weighted by molar-refractivity contribution is 8.79. The van der Waals surface area contributed by atoms with E-state index in [1.54, 1.807) is 41.5 Å². The third-order valence-corrected chi connectivity index (χ3v) is 22.0. The largest absolute Gasteiger partial charge is 0.394 e. The summed E-state index contributed by atoms with van der Waals surface area (Å²) in [4.78, 5) is 194. The second kappa shape index (κ2) is 37.8. The van der Waals surface area contributed by atoms with Crippen molar-refractivity contribution in [2.24, 2.45) is 28.9 Å². The molecule has 5 saturated heterocycles. The number of nitrogens with two attached hydrogens (primary N) is 1. The molecule has 13 amide bonds. The van der Waals surface area contributed by atoms with Crippen LogP contribution in [-0.4, -0.2) is 242 Å². The number of aliphatic hydroxyl groups excluding tert-OH is 2. The number of fused-ring (bicyclic) bond motifs is 4. The van der Waals surface area contributed by atoms with Gasteiger partial charge in [-0.2, -0.15) is 0 Å². The van der Waals surface area contributed by atoms with E-state index in [9.17, 15) is 63.0 Å². The molecule has 0 saturated carbocycles. The maximum Gasteiger partial charge on any atom is 0.246 e. The van der Waals surface area contributed by atoms with Crippen LogP contribution in [0.5, 0.6) is 0 Å². The first-order valence-electron chi connectivity index (χ1n) is 34.7. The van der Waals surface area contributed by atoms with Gasteiger partial charge in [-0.1, -0.05) is 92.4 Å². The highest BCUT2D eigenvalue weighted by atomic mass is 33.1. The smallest absolute Gasteiger partial charge is 0.246 e. The van der Waals surface area contributed by atoms with Crippen LogP contribution in [0.25, 0.3) is 0 Å². The van der Waals surface area contributed by atoms with Gasteiger partial charge in [0.15, 0.2) is 5.96 Å². The van der Waals surface area contributed by atoms with Crippen molar-refractivity contribution in [2.75, 3.05) is 52.5 Å². The van der Waals surface area contributed by atoms with Crippen LogP contribution in [0.3, 0.4) is 0 Å². The maximum absolute atomic E-state index is 15.1. The van der Waals surface area contributed by atoms with E-state index in [2.05, 4.69) is 58.4 Å². The predicted octanol–water partition coefficient (Wildman–Crippen LogP) is -1.47. The maximum atomic E-state index is 15.1. The lowest BCUT2D eigenvalue weighted by molar-refractivity contribution is -0.149. The highest BCUT2D eigenvalue weighted by Gasteiger charge is 2.49. The molecular formula is C66H108N16O15S2. The fourth-order valence-corrected chi connectivity index (χ4v) is 14.7.